The largest absolute Gasteiger partial charge is 0.399 e. The first kappa shape index (κ1) is 18.5. The van der Waals surface area contributed by atoms with Crippen molar-refractivity contribution < 1.29 is 4.79 Å². The Hall–Kier alpha value is -2.33. The minimum absolute atomic E-state index is 0.0381. The molecule has 1 aliphatic rings. The molecule has 3 rings (SSSR count). The van der Waals surface area contributed by atoms with Gasteiger partial charge in [0.05, 0.1) is 6.42 Å². The van der Waals surface area contributed by atoms with E-state index in [-0.39, 0.29) is 5.91 Å². The van der Waals surface area contributed by atoms with Gasteiger partial charge in [-0.25, -0.2) is 0 Å². The van der Waals surface area contributed by atoms with Gasteiger partial charge in [0.1, 0.15) is 0 Å². The maximum Gasteiger partial charge on any atom is 0.224 e. The molecule has 26 heavy (non-hydrogen) atoms. The van der Waals surface area contributed by atoms with Gasteiger partial charge in [0.25, 0.3) is 0 Å². The number of nitrogens with two attached hydrogens (primary N) is 1. The van der Waals surface area contributed by atoms with E-state index in [4.69, 9.17) is 5.73 Å². The van der Waals surface area contributed by atoms with Crippen molar-refractivity contribution in [3.05, 3.63) is 65.2 Å². The van der Waals surface area contributed by atoms with Gasteiger partial charge in [0.15, 0.2) is 0 Å². The minimum atomic E-state index is 0.0381. The highest BCUT2D eigenvalue weighted by atomic mass is 16.1. The zero-order chi connectivity index (χ0) is 18.4. The van der Waals surface area contributed by atoms with Crippen molar-refractivity contribution >= 4 is 11.6 Å². The van der Waals surface area contributed by atoms with E-state index in [0.717, 1.165) is 30.3 Å². The third-order valence-corrected chi connectivity index (χ3v) is 5.07. The highest BCUT2D eigenvalue weighted by molar-refractivity contribution is 5.78. The normalized spacial score (nSPS) is 17.8. The lowest BCUT2D eigenvalue weighted by Crippen LogP contribution is -2.34. The first-order valence-corrected chi connectivity index (χ1v) is 9.50. The van der Waals surface area contributed by atoms with Crippen LogP contribution < -0.4 is 11.1 Å². The third-order valence-electron chi connectivity index (χ3n) is 5.07. The monoisotopic (exact) mass is 351 g/mol. The van der Waals surface area contributed by atoms with Crippen molar-refractivity contribution in [3.63, 3.8) is 0 Å². The fraction of sp³-hybridized carbons (Fsp3) is 0.409. The molecule has 0 bridgehead atoms. The third kappa shape index (κ3) is 5.33. The number of likely N-dealkylation sites (tertiary alicyclic amines) is 1. The molecule has 1 amide bonds. The SMILES string of the molecule is CC1CCCN(Cc2ccccc2CNC(=O)Cc2ccc(N)cc2)C1. The Kier molecular flexibility index (Phi) is 6.29. The number of piperidine rings is 1. The van der Waals surface area contributed by atoms with Gasteiger partial charge in [-0.05, 0) is 54.1 Å². The summed E-state index contributed by atoms with van der Waals surface area (Å²) in [6.45, 7) is 6.21. The second-order valence-corrected chi connectivity index (χ2v) is 7.45. The minimum Gasteiger partial charge on any atom is -0.399 e. The van der Waals surface area contributed by atoms with Crippen LogP contribution in [0.4, 0.5) is 5.69 Å². The smallest absolute Gasteiger partial charge is 0.224 e. The number of benzene rings is 2. The topological polar surface area (TPSA) is 58.4 Å². The van der Waals surface area contributed by atoms with Gasteiger partial charge < -0.3 is 11.1 Å². The lowest BCUT2D eigenvalue weighted by atomic mass is 9.99. The summed E-state index contributed by atoms with van der Waals surface area (Å²) in [4.78, 5) is 14.8. The Morgan fingerprint density at radius 1 is 1.15 bits per heavy atom. The second-order valence-electron chi connectivity index (χ2n) is 7.45. The van der Waals surface area contributed by atoms with Gasteiger partial charge in [0, 0.05) is 25.3 Å². The fourth-order valence-corrected chi connectivity index (χ4v) is 3.63. The number of hydrogen-bond donors (Lipinski definition) is 2. The van der Waals surface area contributed by atoms with Gasteiger partial charge in [-0.1, -0.05) is 43.3 Å². The number of hydrogen-bond acceptors (Lipinski definition) is 3. The van der Waals surface area contributed by atoms with Gasteiger partial charge in [-0.3, -0.25) is 9.69 Å². The number of amides is 1. The maximum absolute atomic E-state index is 12.3. The molecule has 1 aliphatic heterocycles. The van der Waals surface area contributed by atoms with E-state index in [2.05, 4.69) is 35.3 Å². The molecule has 0 saturated carbocycles. The van der Waals surface area contributed by atoms with E-state index in [1.54, 1.807) is 0 Å². The zero-order valence-corrected chi connectivity index (χ0v) is 15.6. The van der Waals surface area contributed by atoms with Crippen molar-refractivity contribution in [2.24, 2.45) is 5.92 Å². The van der Waals surface area contributed by atoms with Crippen LogP contribution in [0, 0.1) is 5.92 Å². The summed E-state index contributed by atoms with van der Waals surface area (Å²) in [7, 11) is 0. The molecule has 0 radical (unpaired) electrons. The molecule has 2 aromatic carbocycles. The Labute approximate surface area is 156 Å². The van der Waals surface area contributed by atoms with Crippen LogP contribution in [-0.4, -0.2) is 23.9 Å². The van der Waals surface area contributed by atoms with E-state index >= 15 is 0 Å². The molecule has 0 aliphatic carbocycles. The zero-order valence-electron chi connectivity index (χ0n) is 15.6. The van der Waals surface area contributed by atoms with E-state index in [9.17, 15) is 4.79 Å². The van der Waals surface area contributed by atoms with Crippen LogP contribution >= 0.6 is 0 Å². The number of nitrogens with zero attached hydrogens (tertiary/aromatic N) is 1. The van der Waals surface area contributed by atoms with Crippen molar-refractivity contribution in [2.45, 2.75) is 39.3 Å². The first-order chi connectivity index (χ1) is 12.6. The molecule has 2 aromatic rings. The molecule has 4 heteroatoms. The Morgan fingerprint density at radius 3 is 2.62 bits per heavy atom. The van der Waals surface area contributed by atoms with Crippen molar-refractivity contribution in [1.82, 2.24) is 10.2 Å². The van der Waals surface area contributed by atoms with Crippen LogP contribution in [0.2, 0.25) is 0 Å². The van der Waals surface area contributed by atoms with Crippen LogP contribution in [-0.2, 0) is 24.3 Å². The quantitative estimate of drug-likeness (QED) is 0.785. The molecule has 1 unspecified atom stereocenters. The number of carbonyl (C=O) groups excluding carboxylic acids is 1. The van der Waals surface area contributed by atoms with Crippen molar-refractivity contribution in [2.75, 3.05) is 18.8 Å². The predicted molar refractivity (Wildman–Crippen MR) is 107 cm³/mol. The molecular weight excluding hydrogens is 322 g/mol. The van der Waals surface area contributed by atoms with Crippen LogP contribution in [0.25, 0.3) is 0 Å². The molecule has 138 valence electrons. The summed E-state index contributed by atoms with van der Waals surface area (Å²) in [6, 6.07) is 15.9. The number of rotatable bonds is 6. The Balaban J connectivity index is 1.55. The van der Waals surface area contributed by atoms with Crippen LogP contribution in [0.15, 0.2) is 48.5 Å². The lowest BCUT2D eigenvalue weighted by Gasteiger charge is -2.31. The number of nitrogens with one attached hydrogen (secondary N) is 1. The lowest BCUT2D eigenvalue weighted by molar-refractivity contribution is -0.120. The summed E-state index contributed by atoms with van der Waals surface area (Å²) in [5.41, 5.74) is 9.91. The molecule has 0 aromatic heterocycles. The Morgan fingerprint density at radius 2 is 1.88 bits per heavy atom. The molecule has 1 heterocycles. The summed E-state index contributed by atoms with van der Waals surface area (Å²) in [6.07, 6.45) is 2.99. The van der Waals surface area contributed by atoms with E-state index in [0.29, 0.717) is 13.0 Å². The molecule has 1 atom stereocenters. The van der Waals surface area contributed by atoms with Crippen LogP contribution in [0.1, 0.15) is 36.5 Å². The summed E-state index contributed by atoms with van der Waals surface area (Å²) in [5.74, 6) is 0.812. The first-order valence-electron chi connectivity index (χ1n) is 9.50. The van der Waals surface area contributed by atoms with E-state index in [1.165, 1.54) is 30.5 Å². The maximum atomic E-state index is 12.3. The van der Waals surface area contributed by atoms with Crippen molar-refractivity contribution in [3.8, 4) is 0 Å². The number of nitrogen functional groups attached to an aromatic ring is 1. The summed E-state index contributed by atoms with van der Waals surface area (Å²) < 4.78 is 0. The molecule has 3 N–H and O–H groups in total. The average molecular weight is 351 g/mol. The summed E-state index contributed by atoms with van der Waals surface area (Å²) >= 11 is 0. The molecule has 4 nitrogen and oxygen atoms in total. The van der Waals surface area contributed by atoms with Gasteiger partial charge >= 0.3 is 0 Å². The molecule has 0 spiro atoms. The summed E-state index contributed by atoms with van der Waals surface area (Å²) in [5, 5.41) is 3.06. The van der Waals surface area contributed by atoms with E-state index < -0.39 is 0 Å². The highest BCUT2D eigenvalue weighted by Gasteiger charge is 2.17. The standard InChI is InChI=1S/C22H29N3O/c1-17-5-4-12-25(15-17)16-20-7-3-2-6-19(20)14-24-22(26)13-18-8-10-21(23)11-9-18/h2-3,6-11,17H,4-5,12-16,23H2,1H3,(H,24,26). The van der Waals surface area contributed by atoms with Crippen LogP contribution in [0.3, 0.4) is 0 Å². The van der Waals surface area contributed by atoms with E-state index in [1.807, 2.05) is 30.3 Å². The molecular formula is C22H29N3O. The molecule has 1 saturated heterocycles. The number of carbonyl (C=O) groups is 1. The Bertz CT molecular complexity index is 726. The fourth-order valence-electron chi connectivity index (χ4n) is 3.63. The van der Waals surface area contributed by atoms with Gasteiger partial charge in [0.2, 0.25) is 5.91 Å². The average Bonchev–Trinajstić information content (AvgIpc) is 2.63. The van der Waals surface area contributed by atoms with Crippen molar-refractivity contribution in [1.29, 1.82) is 0 Å². The van der Waals surface area contributed by atoms with Crippen LogP contribution in [0.5, 0.6) is 0 Å². The molecule has 1 fully saturated rings. The second kappa shape index (κ2) is 8.86. The predicted octanol–water partition coefficient (Wildman–Crippen LogP) is 3.36. The van der Waals surface area contributed by atoms with Gasteiger partial charge in [-0.2, -0.15) is 0 Å². The highest BCUT2D eigenvalue weighted by Crippen LogP contribution is 2.19. The van der Waals surface area contributed by atoms with Gasteiger partial charge in [-0.15, -0.1) is 0 Å². The number of anilines is 1.